The number of hydrogen-bond acceptors (Lipinski definition) is 2. The summed E-state index contributed by atoms with van der Waals surface area (Å²) in [5, 5.41) is 3.47. The Labute approximate surface area is 99.8 Å². The SMILES string of the molecule is [N-]=[N+]=NCCCC(CCl)Oc1ccccc1. The molecular weight excluding hydrogens is 226 g/mol. The molecule has 1 aromatic rings. The number of alkyl halides is 1. The second kappa shape index (κ2) is 7.85. The van der Waals surface area contributed by atoms with Crippen molar-refractivity contribution in [2.24, 2.45) is 5.11 Å². The first-order chi connectivity index (χ1) is 7.86. The van der Waals surface area contributed by atoms with Gasteiger partial charge < -0.3 is 4.74 Å². The second-order valence-corrected chi connectivity index (χ2v) is 3.61. The Morgan fingerprint density at radius 1 is 1.38 bits per heavy atom. The highest BCUT2D eigenvalue weighted by molar-refractivity contribution is 6.18. The van der Waals surface area contributed by atoms with Crippen LogP contribution in [0.25, 0.3) is 10.4 Å². The predicted octanol–water partition coefficient (Wildman–Crippen LogP) is 3.76. The highest BCUT2D eigenvalue weighted by atomic mass is 35.5. The average Bonchev–Trinajstić information content (AvgIpc) is 2.34. The molecule has 0 spiro atoms. The van der Waals surface area contributed by atoms with Crippen LogP contribution in [0.4, 0.5) is 0 Å². The Balaban J connectivity index is 2.34. The molecule has 0 aliphatic carbocycles. The molecule has 0 heterocycles. The molecule has 0 radical (unpaired) electrons. The zero-order valence-electron chi connectivity index (χ0n) is 8.92. The van der Waals surface area contributed by atoms with Crippen LogP contribution >= 0.6 is 11.6 Å². The first-order valence-electron chi connectivity index (χ1n) is 5.15. The summed E-state index contributed by atoms with van der Waals surface area (Å²) in [6, 6.07) is 9.56. The minimum absolute atomic E-state index is 0.0297. The number of ether oxygens (including phenoxy) is 1. The Morgan fingerprint density at radius 2 is 2.12 bits per heavy atom. The average molecular weight is 240 g/mol. The lowest BCUT2D eigenvalue weighted by Gasteiger charge is -2.15. The van der Waals surface area contributed by atoms with Crippen molar-refractivity contribution in [2.75, 3.05) is 12.4 Å². The van der Waals surface area contributed by atoms with Crippen molar-refractivity contribution in [3.05, 3.63) is 40.8 Å². The van der Waals surface area contributed by atoms with Crippen LogP contribution in [0.5, 0.6) is 5.75 Å². The smallest absolute Gasteiger partial charge is 0.119 e. The minimum atomic E-state index is -0.0297. The molecule has 0 aromatic heterocycles. The van der Waals surface area contributed by atoms with Gasteiger partial charge in [-0.25, -0.2) is 0 Å². The van der Waals surface area contributed by atoms with Crippen molar-refractivity contribution in [1.82, 2.24) is 0 Å². The largest absolute Gasteiger partial charge is 0.489 e. The molecule has 1 aromatic carbocycles. The number of halogens is 1. The fraction of sp³-hybridized carbons (Fsp3) is 0.455. The molecule has 0 bridgehead atoms. The van der Waals surface area contributed by atoms with Crippen LogP contribution in [0.15, 0.2) is 35.4 Å². The maximum atomic E-state index is 8.12. The van der Waals surface area contributed by atoms with Gasteiger partial charge in [-0.15, -0.1) is 11.6 Å². The van der Waals surface area contributed by atoms with Gasteiger partial charge in [0.1, 0.15) is 11.9 Å². The molecule has 4 nitrogen and oxygen atoms in total. The molecular formula is C11H14ClN3O. The topological polar surface area (TPSA) is 58.0 Å². The summed E-state index contributed by atoms with van der Waals surface area (Å²) in [7, 11) is 0. The highest BCUT2D eigenvalue weighted by Gasteiger charge is 2.08. The molecule has 0 amide bonds. The molecule has 16 heavy (non-hydrogen) atoms. The zero-order chi connectivity index (χ0) is 11.6. The number of azide groups is 1. The predicted molar refractivity (Wildman–Crippen MR) is 64.8 cm³/mol. The lowest BCUT2D eigenvalue weighted by molar-refractivity contribution is 0.212. The number of hydrogen-bond donors (Lipinski definition) is 0. The van der Waals surface area contributed by atoms with E-state index in [0.717, 1.165) is 18.6 Å². The molecule has 5 heteroatoms. The lowest BCUT2D eigenvalue weighted by atomic mass is 10.2. The van der Waals surface area contributed by atoms with Gasteiger partial charge in [0.25, 0.3) is 0 Å². The van der Waals surface area contributed by atoms with Crippen LogP contribution in [0.2, 0.25) is 0 Å². The van der Waals surface area contributed by atoms with E-state index >= 15 is 0 Å². The third kappa shape index (κ3) is 4.91. The van der Waals surface area contributed by atoms with Gasteiger partial charge in [-0.05, 0) is 30.5 Å². The Morgan fingerprint density at radius 3 is 2.75 bits per heavy atom. The van der Waals surface area contributed by atoms with E-state index in [1.807, 2.05) is 30.3 Å². The Hall–Kier alpha value is -1.38. The van der Waals surface area contributed by atoms with Crippen molar-refractivity contribution in [3.63, 3.8) is 0 Å². The standard InChI is InChI=1S/C11H14ClN3O/c12-9-11(7-4-8-14-15-13)16-10-5-2-1-3-6-10/h1-3,5-6,11H,4,7-9H2. The maximum absolute atomic E-state index is 8.12. The van der Waals surface area contributed by atoms with Crippen molar-refractivity contribution in [2.45, 2.75) is 18.9 Å². The Kier molecular flexibility index (Phi) is 6.23. The molecule has 1 unspecified atom stereocenters. The van der Waals surface area contributed by atoms with Crippen molar-refractivity contribution < 1.29 is 4.74 Å². The number of para-hydroxylation sites is 1. The lowest BCUT2D eigenvalue weighted by Crippen LogP contribution is -2.18. The third-order valence-corrected chi connectivity index (χ3v) is 2.41. The summed E-state index contributed by atoms with van der Waals surface area (Å²) in [6.07, 6.45) is 1.55. The van der Waals surface area contributed by atoms with E-state index in [9.17, 15) is 0 Å². The molecule has 1 atom stereocenters. The first-order valence-corrected chi connectivity index (χ1v) is 5.69. The summed E-state index contributed by atoms with van der Waals surface area (Å²) < 4.78 is 5.68. The summed E-state index contributed by atoms with van der Waals surface area (Å²) in [4.78, 5) is 2.69. The van der Waals surface area contributed by atoms with Gasteiger partial charge in [0.05, 0.1) is 5.88 Å². The fourth-order valence-electron chi connectivity index (χ4n) is 1.29. The molecule has 0 saturated heterocycles. The minimum Gasteiger partial charge on any atom is -0.489 e. The summed E-state index contributed by atoms with van der Waals surface area (Å²) >= 11 is 5.80. The normalized spacial score (nSPS) is 11.6. The van der Waals surface area contributed by atoms with Gasteiger partial charge in [0.2, 0.25) is 0 Å². The Bertz CT molecular complexity index is 338. The van der Waals surface area contributed by atoms with Crippen LogP contribution in [0, 0.1) is 0 Å². The van der Waals surface area contributed by atoms with Gasteiger partial charge in [-0.1, -0.05) is 23.3 Å². The third-order valence-electron chi connectivity index (χ3n) is 2.07. The van der Waals surface area contributed by atoms with Crippen LogP contribution in [0.3, 0.4) is 0 Å². The fourth-order valence-corrected chi connectivity index (χ4v) is 1.51. The van der Waals surface area contributed by atoms with E-state index in [0.29, 0.717) is 12.4 Å². The molecule has 0 fully saturated rings. The second-order valence-electron chi connectivity index (χ2n) is 3.30. The van der Waals surface area contributed by atoms with E-state index in [4.69, 9.17) is 21.9 Å². The number of nitrogens with zero attached hydrogens (tertiary/aromatic N) is 3. The van der Waals surface area contributed by atoms with Gasteiger partial charge in [-0.2, -0.15) is 0 Å². The van der Waals surface area contributed by atoms with E-state index in [2.05, 4.69) is 10.0 Å². The van der Waals surface area contributed by atoms with E-state index in [1.54, 1.807) is 0 Å². The van der Waals surface area contributed by atoms with Crippen LogP contribution in [-0.2, 0) is 0 Å². The van der Waals surface area contributed by atoms with E-state index < -0.39 is 0 Å². The summed E-state index contributed by atoms with van der Waals surface area (Å²) in [5.41, 5.74) is 8.12. The number of benzene rings is 1. The summed E-state index contributed by atoms with van der Waals surface area (Å²) in [6.45, 7) is 0.488. The molecule has 1 rings (SSSR count). The molecule has 0 N–H and O–H groups in total. The molecule has 0 aliphatic heterocycles. The van der Waals surface area contributed by atoms with E-state index in [-0.39, 0.29) is 6.10 Å². The monoisotopic (exact) mass is 239 g/mol. The molecule has 0 aliphatic rings. The number of rotatable bonds is 7. The zero-order valence-corrected chi connectivity index (χ0v) is 9.68. The van der Waals surface area contributed by atoms with Crippen LogP contribution in [0.1, 0.15) is 12.8 Å². The van der Waals surface area contributed by atoms with Crippen molar-refractivity contribution >= 4 is 11.6 Å². The first kappa shape index (κ1) is 12.7. The summed E-state index contributed by atoms with van der Waals surface area (Å²) in [5.74, 6) is 1.25. The maximum Gasteiger partial charge on any atom is 0.119 e. The van der Waals surface area contributed by atoms with Crippen molar-refractivity contribution in [1.29, 1.82) is 0 Å². The molecule has 86 valence electrons. The molecule has 0 saturated carbocycles. The van der Waals surface area contributed by atoms with Crippen molar-refractivity contribution in [3.8, 4) is 5.75 Å². The van der Waals surface area contributed by atoms with E-state index in [1.165, 1.54) is 0 Å². The van der Waals surface area contributed by atoms with Gasteiger partial charge in [0.15, 0.2) is 0 Å². The van der Waals surface area contributed by atoms with Gasteiger partial charge in [0, 0.05) is 11.5 Å². The van der Waals surface area contributed by atoms with Crippen LogP contribution in [-0.4, -0.2) is 18.5 Å². The van der Waals surface area contributed by atoms with Gasteiger partial charge in [-0.3, -0.25) is 0 Å². The quantitative estimate of drug-likeness (QED) is 0.235. The highest BCUT2D eigenvalue weighted by Crippen LogP contribution is 2.14. The van der Waals surface area contributed by atoms with Gasteiger partial charge >= 0.3 is 0 Å². The van der Waals surface area contributed by atoms with Crippen LogP contribution < -0.4 is 4.74 Å².